The van der Waals surface area contributed by atoms with Crippen molar-refractivity contribution < 1.29 is 14.3 Å². The number of hydrogen-bond acceptors (Lipinski definition) is 5. The Labute approximate surface area is 135 Å². The zero-order valence-corrected chi connectivity index (χ0v) is 12.7. The monoisotopic (exact) mass is 329 g/mol. The number of H-pyrrole nitrogens is 1. The first kappa shape index (κ1) is 15.1. The number of aromatic nitrogens is 3. The van der Waals surface area contributed by atoms with E-state index in [-0.39, 0.29) is 23.2 Å². The first-order chi connectivity index (χ1) is 11.1. The largest absolute Gasteiger partial charge is 0.504 e. The average molecular weight is 329 g/mol. The number of halogens is 1. The molecule has 116 valence electrons. The summed E-state index contributed by atoms with van der Waals surface area (Å²) in [6, 6.07) is 8.07. The van der Waals surface area contributed by atoms with Crippen LogP contribution in [0.5, 0.6) is 0 Å². The molecule has 3 aromatic rings. The molecule has 0 bridgehead atoms. The van der Waals surface area contributed by atoms with E-state index < -0.39 is 0 Å². The normalized spacial score (nSPS) is 11.6. The molecule has 0 atom stereocenters. The fourth-order valence-corrected chi connectivity index (χ4v) is 2.98. The van der Waals surface area contributed by atoms with Crippen LogP contribution in [0.25, 0.3) is 5.76 Å². The molecule has 7 heteroatoms. The number of aliphatic hydroxyl groups is 1. The number of ketones is 1. The maximum Gasteiger partial charge on any atom is 0.215 e. The number of carbonyl (C=O) groups excluding carboxylic acids is 1. The fourth-order valence-electron chi connectivity index (χ4n) is 2.14. The number of hydrogen-bond donors (Lipinski definition) is 2. The predicted octanol–water partition coefficient (Wildman–Crippen LogP) is 3.38. The summed E-state index contributed by atoms with van der Waals surface area (Å²) in [7, 11) is 0. The quantitative estimate of drug-likeness (QED) is 0.427. The summed E-state index contributed by atoms with van der Waals surface area (Å²) in [5.41, 5.74) is 1.56. The Hall–Kier alpha value is -2.80. The van der Waals surface area contributed by atoms with Gasteiger partial charge in [-0.1, -0.05) is 12.1 Å². The topological polar surface area (TPSA) is 78.9 Å². The molecule has 0 aliphatic rings. The molecular weight excluding hydrogens is 317 g/mol. The zero-order chi connectivity index (χ0) is 16.2. The van der Waals surface area contributed by atoms with E-state index in [2.05, 4.69) is 15.2 Å². The van der Waals surface area contributed by atoms with Crippen molar-refractivity contribution in [2.75, 3.05) is 0 Å². The average Bonchev–Trinajstić information content (AvgIpc) is 3.18. The SMILES string of the molecule is O=C(C=C(O)c1nc[nH]n1)c1sccc1Cc1cccc(F)c1. The van der Waals surface area contributed by atoms with E-state index in [1.165, 1.54) is 29.8 Å². The van der Waals surface area contributed by atoms with Crippen LogP contribution in [0, 0.1) is 5.82 Å². The second-order valence-electron chi connectivity index (χ2n) is 4.80. The van der Waals surface area contributed by atoms with Crippen molar-refractivity contribution in [2.45, 2.75) is 6.42 Å². The van der Waals surface area contributed by atoms with Crippen molar-refractivity contribution in [3.05, 3.63) is 75.8 Å². The number of aliphatic hydroxyl groups excluding tert-OH is 1. The molecule has 0 aliphatic heterocycles. The summed E-state index contributed by atoms with van der Waals surface area (Å²) in [6.07, 6.45) is 2.84. The van der Waals surface area contributed by atoms with Gasteiger partial charge in [-0.2, -0.15) is 5.10 Å². The van der Waals surface area contributed by atoms with Crippen molar-refractivity contribution in [1.29, 1.82) is 0 Å². The van der Waals surface area contributed by atoms with E-state index in [1.54, 1.807) is 17.5 Å². The summed E-state index contributed by atoms with van der Waals surface area (Å²) < 4.78 is 13.3. The first-order valence-electron chi connectivity index (χ1n) is 6.75. The van der Waals surface area contributed by atoms with Gasteiger partial charge in [0, 0.05) is 6.08 Å². The number of carbonyl (C=O) groups is 1. The lowest BCUT2D eigenvalue weighted by molar-refractivity contribution is 0.104. The molecule has 0 radical (unpaired) electrons. The van der Waals surface area contributed by atoms with E-state index in [1.807, 2.05) is 6.07 Å². The van der Waals surface area contributed by atoms with Crippen LogP contribution in [0.15, 0.2) is 48.1 Å². The van der Waals surface area contributed by atoms with Crippen LogP contribution >= 0.6 is 11.3 Å². The number of allylic oxidation sites excluding steroid dienone is 1. The summed E-state index contributed by atoms with van der Waals surface area (Å²) in [4.78, 5) is 16.6. The smallest absolute Gasteiger partial charge is 0.215 e. The van der Waals surface area contributed by atoms with Crippen molar-refractivity contribution in [3.8, 4) is 0 Å². The number of nitrogens with zero attached hydrogens (tertiary/aromatic N) is 2. The molecular formula is C16H12FN3O2S. The highest BCUT2D eigenvalue weighted by Crippen LogP contribution is 2.22. The van der Waals surface area contributed by atoms with Gasteiger partial charge in [0.1, 0.15) is 12.1 Å². The van der Waals surface area contributed by atoms with Gasteiger partial charge < -0.3 is 5.11 Å². The molecule has 0 saturated heterocycles. The molecule has 2 aromatic heterocycles. The lowest BCUT2D eigenvalue weighted by Gasteiger charge is -2.02. The van der Waals surface area contributed by atoms with Crippen molar-refractivity contribution in [1.82, 2.24) is 15.2 Å². The maximum absolute atomic E-state index is 13.3. The number of rotatable bonds is 5. The van der Waals surface area contributed by atoms with E-state index in [9.17, 15) is 14.3 Å². The van der Waals surface area contributed by atoms with Crippen molar-refractivity contribution >= 4 is 22.9 Å². The van der Waals surface area contributed by atoms with E-state index in [4.69, 9.17) is 0 Å². The Balaban J connectivity index is 1.83. The van der Waals surface area contributed by atoms with Gasteiger partial charge in [-0.3, -0.25) is 9.89 Å². The minimum atomic E-state index is -0.339. The minimum Gasteiger partial charge on any atom is -0.504 e. The second kappa shape index (κ2) is 6.53. The van der Waals surface area contributed by atoms with Gasteiger partial charge in [0.05, 0.1) is 4.88 Å². The molecule has 0 unspecified atom stereocenters. The third kappa shape index (κ3) is 3.51. The lowest BCUT2D eigenvalue weighted by atomic mass is 10.0. The Morgan fingerprint density at radius 1 is 1.39 bits per heavy atom. The molecule has 2 N–H and O–H groups in total. The Morgan fingerprint density at radius 2 is 2.26 bits per heavy atom. The molecule has 23 heavy (non-hydrogen) atoms. The van der Waals surface area contributed by atoms with Crippen molar-refractivity contribution in [2.24, 2.45) is 0 Å². The molecule has 3 rings (SSSR count). The summed E-state index contributed by atoms with van der Waals surface area (Å²) in [5, 5.41) is 17.8. The highest BCUT2D eigenvalue weighted by atomic mass is 32.1. The molecule has 0 fully saturated rings. The second-order valence-corrected chi connectivity index (χ2v) is 5.71. The van der Waals surface area contributed by atoms with Crippen LogP contribution in [0.4, 0.5) is 4.39 Å². The maximum atomic E-state index is 13.3. The van der Waals surface area contributed by atoms with Crippen LogP contribution in [0.3, 0.4) is 0 Å². The molecule has 2 heterocycles. The Morgan fingerprint density at radius 3 is 3.00 bits per heavy atom. The van der Waals surface area contributed by atoms with Crippen LogP contribution in [0.1, 0.15) is 26.6 Å². The third-order valence-electron chi connectivity index (χ3n) is 3.17. The van der Waals surface area contributed by atoms with Gasteiger partial charge in [0.2, 0.25) is 5.82 Å². The molecule has 0 amide bonds. The molecule has 0 spiro atoms. The molecule has 1 aromatic carbocycles. The highest BCUT2D eigenvalue weighted by molar-refractivity contribution is 7.12. The minimum absolute atomic E-state index is 0.0570. The van der Waals surface area contributed by atoms with Gasteiger partial charge in [-0.05, 0) is 41.1 Å². The van der Waals surface area contributed by atoms with Gasteiger partial charge in [-0.15, -0.1) is 11.3 Å². The van der Waals surface area contributed by atoms with Crippen molar-refractivity contribution in [3.63, 3.8) is 0 Å². The predicted molar refractivity (Wildman–Crippen MR) is 84.8 cm³/mol. The van der Waals surface area contributed by atoms with Gasteiger partial charge in [0.15, 0.2) is 11.5 Å². The first-order valence-corrected chi connectivity index (χ1v) is 7.63. The number of thiophene rings is 1. The molecule has 0 saturated carbocycles. The van der Waals surface area contributed by atoms with E-state index in [0.29, 0.717) is 11.3 Å². The number of benzene rings is 1. The lowest BCUT2D eigenvalue weighted by Crippen LogP contribution is -2.00. The van der Waals surface area contributed by atoms with Gasteiger partial charge in [0.25, 0.3) is 0 Å². The van der Waals surface area contributed by atoms with Crippen LogP contribution in [-0.2, 0) is 6.42 Å². The fraction of sp³-hybridized carbons (Fsp3) is 0.0625. The van der Waals surface area contributed by atoms with Crippen LogP contribution < -0.4 is 0 Å². The van der Waals surface area contributed by atoms with Crippen LogP contribution in [-0.4, -0.2) is 26.1 Å². The Bertz CT molecular complexity index is 856. The van der Waals surface area contributed by atoms with Crippen LogP contribution in [0.2, 0.25) is 0 Å². The molecule has 0 aliphatic carbocycles. The summed E-state index contributed by atoms with van der Waals surface area (Å²) >= 11 is 1.27. The molecule has 5 nitrogen and oxygen atoms in total. The van der Waals surface area contributed by atoms with Gasteiger partial charge >= 0.3 is 0 Å². The summed E-state index contributed by atoms with van der Waals surface area (Å²) in [5.74, 6) is -0.899. The number of aromatic amines is 1. The zero-order valence-electron chi connectivity index (χ0n) is 11.9. The van der Waals surface area contributed by atoms with Gasteiger partial charge in [-0.25, -0.2) is 9.37 Å². The highest BCUT2D eigenvalue weighted by Gasteiger charge is 2.14. The number of nitrogens with one attached hydrogen (secondary N) is 1. The van der Waals surface area contributed by atoms with E-state index >= 15 is 0 Å². The summed E-state index contributed by atoms with van der Waals surface area (Å²) in [6.45, 7) is 0. The van der Waals surface area contributed by atoms with E-state index in [0.717, 1.165) is 17.2 Å². The standard InChI is InChI=1S/C16H12FN3O2S/c17-12-3-1-2-10(7-12)6-11-4-5-23-15(11)13(21)8-14(22)16-18-9-19-20-16/h1-5,7-9,22H,6H2,(H,18,19,20). The third-order valence-corrected chi connectivity index (χ3v) is 4.14. The Kier molecular flexibility index (Phi) is 4.29.